The lowest BCUT2D eigenvalue weighted by molar-refractivity contribution is 0.392. The van der Waals surface area contributed by atoms with Crippen molar-refractivity contribution in [3.8, 4) is 11.5 Å². The molecule has 7 heteroatoms. The van der Waals surface area contributed by atoms with Gasteiger partial charge in [-0.1, -0.05) is 11.6 Å². The predicted octanol–water partition coefficient (Wildman–Crippen LogP) is 1.27. The first-order valence-electron chi connectivity index (χ1n) is 4.31. The molecule has 0 atom stereocenters. The molecule has 0 fully saturated rings. The molecule has 0 aliphatic rings. The van der Waals surface area contributed by atoms with Crippen LogP contribution >= 0.6 is 11.6 Å². The molecule has 16 heavy (non-hydrogen) atoms. The van der Waals surface area contributed by atoms with E-state index in [0.29, 0.717) is 0 Å². The van der Waals surface area contributed by atoms with Crippen molar-refractivity contribution in [3.05, 3.63) is 17.2 Å². The third-order valence-corrected chi connectivity index (χ3v) is 3.73. The molecule has 0 spiro atoms. The van der Waals surface area contributed by atoms with Crippen LogP contribution in [0.1, 0.15) is 0 Å². The van der Waals surface area contributed by atoms with E-state index in [9.17, 15) is 8.42 Å². The lowest BCUT2D eigenvalue weighted by atomic mass is 10.3. The number of methoxy groups -OCH3 is 2. The highest BCUT2D eigenvalue weighted by molar-refractivity contribution is 7.89. The molecule has 90 valence electrons. The van der Waals surface area contributed by atoms with Crippen LogP contribution in [0.2, 0.25) is 5.02 Å². The zero-order chi connectivity index (χ0) is 12.3. The first-order valence-corrected chi connectivity index (χ1v) is 6.17. The molecule has 0 bridgehead atoms. The molecule has 0 heterocycles. The average Bonchev–Trinajstić information content (AvgIpc) is 2.28. The summed E-state index contributed by atoms with van der Waals surface area (Å²) in [6.07, 6.45) is 0. The zero-order valence-corrected chi connectivity index (χ0v) is 10.6. The molecule has 0 aliphatic carbocycles. The van der Waals surface area contributed by atoms with Gasteiger partial charge in [0.2, 0.25) is 10.0 Å². The molecule has 0 amide bonds. The summed E-state index contributed by atoms with van der Waals surface area (Å²) in [7, 11) is 0.485. The number of ether oxygens (including phenoxy) is 2. The van der Waals surface area contributed by atoms with Gasteiger partial charge in [0.05, 0.1) is 19.2 Å². The number of sulfonamides is 1. The van der Waals surface area contributed by atoms with Gasteiger partial charge < -0.3 is 9.47 Å². The van der Waals surface area contributed by atoms with E-state index < -0.39 is 10.0 Å². The Morgan fingerprint density at radius 2 is 1.75 bits per heavy atom. The smallest absolute Gasteiger partial charge is 0.244 e. The lowest BCUT2D eigenvalue weighted by Gasteiger charge is -2.11. The Kier molecular flexibility index (Phi) is 4.01. The minimum atomic E-state index is -3.60. The first kappa shape index (κ1) is 13.1. The standard InChI is InChI=1S/C9H12ClNO4S/c1-11-16(12,13)9-5-7(14-2)6(10)4-8(9)15-3/h4-5,11H,1-3H3. The van der Waals surface area contributed by atoms with Gasteiger partial charge in [-0.3, -0.25) is 0 Å². The van der Waals surface area contributed by atoms with Crippen LogP contribution in [0.3, 0.4) is 0 Å². The van der Waals surface area contributed by atoms with Crippen molar-refractivity contribution in [1.82, 2.24) is 4.72 Å². The summed E-state index contributed by atoms with van der Waals surface area (Å²) < 4.78 is 35.4. The number of nitrogens with one attached hydrogen (secondary N) is 1. The quantitative estimate of drug-likeness (QED) is 0.890. The maximum atomic E-state index is 11.7. The van der Waals surface area contributed by atoms with Gasteiger partial charge in [0.15, 0.2) is 0 Å². The van der Waals surface area contributed by atoms with E-state index in [1.165, 1.54) is 33.4 Å². The maximum Gasteiger partial charge on any atom is 0.244 e. The van der Waals surface area contributed by atoms with E-state index in [2.05, 4.69) is 4.72 Å². The Bertz CT molecular complexity index is 487. The van der Waals surface area contributed by atoms with Gasteiger partial charge in [-0.05, 0) is 7.05 Å². The minimum Gasteiger partial charge on any atom is -0.495 e. The van der Waals surface area contributed by atoms with Crippen LogP contribution in [-0.2, 0) is 10.0 Å². The minimum absolute atomic E-state index is 0.0150. The van der Waals surface area contributed by atoms with Crippen LogP contribution in [0, 0.1) is 0 Å². The van der Waals surface area contributed by atoms with Crippen LogP contribution in [0.4, 0.5) is 0 Å². The molecule has 1 N–H and O–H groups in total. The van der Waals surface area contributed by atoms with Gasteiger partial charge in [0, 0.05) is 12.1 Å². The normalized spacial score (nSPS) is 11.2. The second kappa shape index (κ2) is 4.90. The van der Waals surface area contributed by atoms with Gasteiger partial charge in [-0.25, -0.2) is 13.1 Å². The second-order valence-electron chi connectivity index (χ2n) is 2.85. The molecule has 1 aromatic rings. The topological polar surface area (TPSA) is 64.6 Å². The summed E-state index contributed by atoms with van der Waals surface area (Å²) in [6, 6.07) is 2.71. The van der Waals surface area contributed by atoms with E-state index in [-0.39, 0.29) is 21.4 Å². The zero-order valence-electron chi connectivity index (χ0n) is 9.07. The van der Waals surface area contributed by atoms with Crippen LogP contribution in [0.15, 0.2) is 17.0 Å². The van der Waals surface area contributed by atoms with Crippen molar-refractivity contribution >= 4 is 21.6 Å². The van der Waals surface area contributed by atoms with Crippen LogP contribution < -0.4 is 14.2 Å². The molecule has 5 nitrogen and oxygen atoms in total. The molecule has 0 saturated carbocycles. The molecule has 0 saturated heterocycles. The molecule has 0 radical (unpaired) electrons. The van der Waals surface area contributed by atoms with Gasteiger partial charge in [-0.2, -0.15) is 0 Å². The van der Waals surface area contributed by atoms with Crippen LogP contribution in [0.25, 0.3) is 0 Å². The fraction of sp³-hybridized carbons (Fsp3) is 0.333. The van der Waals surface area contributed by atoms with Crippen LogP contribution in [-0.4, -0.2) is 29.7 Å². The van der Waals surface area contributed by atoms with Gasteiger partial charge in [0.1, 0.15) is 16.4 Å². The average molecular weight is 266 g/mol. The van der Waals surface area contributed by atoms with Crippen molar-refractivity contribution in [1.29, 1.82) is 0 Å². The molecule has 0 aliphatic heterocycles. The third-order valence-electron chi connectivity index (χ3n) is 2.00. The summed E-state index contributed by atoms with van der Waals surface area (Å²) in [5, 5.41) is 0.286. The van der Waals surface area contributed by atoms with E-state index in [0.717, 1.165) is 0 Å². The highest BCUT2D eigenvalue weighted by Crippen LogP contribution is 2.34. The summed E-state index contributed by atoms with van der Waals surface area (Å²) in [5.74, 6) is 0.441. The molecular formula is C9H12ClNO4S. The Labute approximate surface area is 99.4 Å². The number of hydrogen-bond donors (Lipinski definition) is 1. The van der Waals surface area contributed by atoms with E-state index >= 15 is 0 Å². The molecule has 1 aromatic carbocycles. The fourth-order valence-electron chi connectivity index (χ4n) is 1.15. The van der Waals surface area contributed by atoms with E-state index in [1.54, 1.807) is 0 Å². The highest BCUT2D eigenvalue weighted by Gasteiger charge is 2.20. The van der Waals surface area contributed by atoms with Gasteiger partial charge in [0.25, 0.3) is 0 Å². The second-order valence-corrected chi connectivity index (χ2v) is 5.11. The summed E-state index contributed by atoms with van der Waals surface area (Å²) >= 11 is 5.85. The number of halogens is 1. The fourth-order valence-corrected chi connectivity index (χ4v) is 2.27. The van der Waals surface area contributed by atoms with Crippen molar-refractivity contribution < 1.29 is 17.9 Å². The van der Waals surface area contributed by atoms with Gasteiger partial charge in [-0.15, -0.1) is 0 Å². The summed E-state index contributed by atoms with van der Waals surface area (Å²) in [6.45, 7) is 0. The molecule has 0 unspecified atom stereocenters. The number of rotatable bonds is 4. The summed E-state index contributed by atoms with van der Waals surface area (Å²) in [4.78, 5) is -0.0150. The van der Waals surface area contributed by atoms with Crippen molar-refractivity contribution in [2.75, 3.05) is 21.3 Å². The Morgan fingerprint density at radius 3 is 2.19 bits per heavy atom. The van der Waals surface area contributed by atoms with E-state index in [4.69, 9.17) is 21.1 Å². The lowest BCUT2D eigenvalue weighted by Crippen LogP contribution is -2.19. The van der Waals surface area contributed by atoms with Gasteiger partial charge >= 0.3 is 0 Å². The van der Waals surface area contributed by atoms with Crippen molar-refractivity contribution in [2.45, 2.75) is 4.90 Å². The third kappa shape index (κ3) is 2.40. The SMILES string of the molecule is CNS(=O)(=O)c1cc(OC)c(Cl)cc1OC. The predicted molar refractivity (Wildman–Crippen MR) is 60.8 cm³/mol. The highest BCUT2D eigenvalue weighted by atomic mass is 35.5. The Balaban J connectivity index is 3.48. The van der Waals surface area contributed by atoms with E-state index in [1.807, 2.05) is 0 Å². The van der Waals surface area contributed by atoms with Crippen molar-refractivity contribution in [2.24, 2.45) is 0 Å². The largest absolute Gasteiger partial charge is 0.495 e. The Morgan fingerprint density at radius 1 is 1.19 bits per heavy atom. The van der Waals surface area contributed by atoms with Crippen molar-refractivity contribution in [3.63, 3.8) is 0 Å². The molecular weight excluding hydrogens is 254 g/mol. The maximum absolute atomic E-state index is 11.7. The monoisotopic (exact) mass is 265 g/mol. The number of hydrogen-bond acceptors (Lipinski definition) is 4. The first-order chi connectivity index (χ1) is 7.46. The number of benzene rings is 1. The van der Waals surface area contributed by atoms with Crippen LogP contribution in [0.5, 0.6) is 11.5 Å². The molecule has 0 aromatic heterocycles. The summed E-state index contributed by atoms with van der Waals surface area (Å²) in [5.41, 5.74) is 0. The molecule has 1 rings (SSSR count). The Hall–Kier alpha value is -0.980.